The molecule has 3 nitrogen and oxygen atoms in total. The number of rotatable bonds is 0. The third-order valence-corrected chi connectivity index (χ3v) is 2.69. The highest BCUT2D eigenvalue weighted by atomic mass is 16.7. The van der Waals surface area contributed by atoms with Gasteiger partial charge in [0, 0.05) is 11.0 Å². The zero-order valence-corrected chi connectivity index (χ0v) is 10.3. The molecule has 0 radical (unpaired) electrons. The van der Waals surface area contributed by atoms with Gasteiger partial charge in [0.2, 0.25) is 5.79 Å². The summed E-state index contributed by atoms with van der Waals surface area (Å²) in [7, 11) is 0. The van der Waals surface area contributed by atoms with Crippen molar-refractivity contribution in [1.82, 2.24) is 0 Å². The first-order valence-corrected chi connectivity index (χ1v) is 5.16. The highest BCUT2D eigenvalue weighted by Crippen LogP contribution is 2.42. The molecule has 1 aliphatic heterocycles. The van der Waals surface area contributed by atoms with Crippen LogP contribution >= 0.6 is 0 Å². The van der Waals surface area contributed by atoms with E-state index in [4.69, 9.17) is 4.74 Å². The molecule has 1 atom stereocenters. The summed E-state index contributed by atoms with van der Waals surface area (Å²) < 4.78 is 5.08. The maximum absolute atomic E-state index is 11.6. The molecule has 1 aliphatic rings. The van der Waals surface area contributed by atoms with Gasteiger partial charge in [-0.15, -0.1) is 0 Å². The molecule has 0 saturated carbocycles. The van der Waals surface area contributed by atoms with Crippen LogP contribution in [0.5, 0.6) is 0 Å². The Labute approximate surface area is 91.1 Å². The normalized spacial score (nSPS) is 27.7. The fourth-order valence-corrected chi connectivity index (χ4v) is 1.37. The van der Waals surface area contributed by atoms with Crippen molar-refractivity contribution in [3.63, 3.8) is 0 Å². The molecule has 0 aromatic carbocycles. The van der Waals surface area contributed by atoms with Crippen molar-refractivity contribution in [2.24, 2.45) is 10.8 Å². The summed E-state index contributed by atoms with van der Waals surface area (Å²) in [5.41, 5.74) is -0.275. The van der Waals surface area contributed by atoms with Crippen LogP contribution < -0.4 is 0 Å². The minimum absolute atomic E-state index is 0.299. The molecule has 0 saturated heterocycles. The molecule has 0 spiro atoms. The summed E-state index contributed by atoms with van der Waals surface area (Å²) in [6, 6.07) is 0. The van der Waals surface area contributed by atoms with E-state index in [0.29, 0.717) is 5.57 Å². The molecule has 3 heteroatoms. The standard InChI is InChI=1S/C12H20O3/c1-10(2,3)8-7-12(14,11(4,5)6)15-9(8)13/h7,14H,1-6H3/t12-/m0/s1. The van der Waals surface area contributed by atoms with E-state index in [0.717, 1.165) is 0 Å². The van der Waals surface area contributed by atoms with Gasteiger partial charge in [-0.25, -0.2) is 4.79 Å². The van der Waals surface area contributed by atoms with Crippen LogP contribution in [-0.2, 0) is 9.53 Å². The summed E-state index contributed by atoms with van der Waals surface area (Å²) in [6.45, 7) is 11.3. The van der Waals surface area contributed by atoms with Gasteiger partial charge in [0.1, 0.15) is 0 Å². The molecular weight excluding hydrogens is 192 g/mol. The number of cyclic esters (lactones) is 1. The molecule has 1 rings (SSSR count). The summed E-state index contributed by atoms with van der Waals surface area (Å²) in [5, 5.41) is 10.2. The third-order valence-electron chi connectivity index (χ3n) is 2.69. The van der Waals surface area contributed by atoms with Crippen molar-refractivity contribution in [1.29, 1.82) is 0 Å². The molecule has 0 aromatic heterocycles. The molecule has 0 aromatic rings. The number of esters is 1. The predicted molar refractivity (Wildman–Crippen MR) is 58.0 cm³/mol. The first-order valence-electron chi connectivity index (χ1n) is 5.16. The second-order valence-corrected chi connectivity index (χ2v) is 6.14. The second kappa shape index (κ2) is 3.08. The van der Waals surface area contributed by atoms with Gasteiger partial charge in [0.05, 0.1) is 0 Å². The monoisotopic (exact) mass is 212 g/mol. The number of ether oxygens (including phenoxy) is 1. The maximum atomic E-state index is 11.6. The molecule has 0 fully saturated rings. The van der Waals surface area contributed by atoms with Crippen LogP contribution in [0.15, 0.2) is 11.6 Å². The van der Waals surface area contributed by atoms with Crippen molar-refractivity contribution in [2.75, 3.05) is 0 Å². The van der Waals surface area contributed by atoms with Gasteiger partial charge in [-0.1, -0.05) is 41.5 Å². The molecule has 86 valence electrons. The summed E-state index contributed by atoms with van der Waals surface area (Å²) in [5.74, 6) is -1.90. The topological polar surface area (TPSA) is 46.5 Å². The van der Waals surface area contributed by atoms with Crippen molar-refractivity contribution < 1.29 is 14.6 Å². The minimum Gasteiger partial charge on any atom is -0.425 e. The Kier molecular flexibility index (Phi) is 2.51. The van der Waals surface area contributed by atoms with Crippen LogP contribution in [0.2, 0.25) is 0 Å². The quantitative estimate of drug-likeness (QED) is 0.626. The van der Waals surface area contributed by atoms with Gasteiger partial charge in [0.15, 0.2) is 0 Å². The van der Waals surface area contributed by atoms with Gasteiger partial charge in [-0.2, -0.15) is 0 Å². The number of hydrogen-bond donors (Lipinski definition) is 1. The molecular formula is C12H20O3. The lowest BCUT2D eigenvalue weighted by Crippen LogP contribution is -2.41. The van der Waals surface area contributed by atoms with Crippen LogP contribution in [0.25, 0.3) is 0 Å². The Morgan fingerprint density at radius 3 is 1.87 bits per heavy atom. The zero-order valence-electron chi connectivity index (χ0n) is 10.3. The van der Waals surface area contributed by atoms with Crippen molar-refractivity contribution >= 4 is 5.97 Å². The maximum Gasteiger partial charge on any atom is 0.337 e. The summed E-state index contributed by atoms with van der Waals surface area (Å²) >= 11 is 0. The largest absolute Gasteiger partial charge is 0.425 e. The fourth-order valence-electron chi connectivity index (χ4n) is 1.37. The number of carbonyl (C=O) groups is 1. The minimum atomic E-state index is -1.48. The molecule has 0 unspecified atom stereocenters. The van der Waals surface area contributed by atoms with Crippen LogP contribution in [0.1, 0.15) is 41.5 Å². The van der Waals surface area contributed by atoms with Gasteiger partial charge in [0.25, 0.3) is 0 Å². The van der Waals surface area contributed by atoms with Crippen molar-refractivity contribution in [3.8, 4) is 0 Å². The lowest BCUT2D eigenvalue weighted by molar-refractivity contribution is -0.212. The van der Waals surface area contributed by atoms with E-state index < -0.39 is 17.2 Å². The fraction of sp³-hybridized carbons (Fsp3) is 0.750. The van der Waals surface area contributed by atoms with E-state index in [1.165, 1.54) is 0 Å². The van der Waals surface area contributed by atoms with Crippen LogP contribution in [0.3, 0.4) is 0 Å². The Balaban J connectivity index is 3.15. The Morgan fingerprint density at radius 1 is 1.20 bits per heavy atom. The first-order chi connectivity index (χ1) is 6.47. The smallest absolute Gasteiger partial charge is 0.337 e. The predicted octanol–water partition coefficient (Wildman–Crippen LogP) is 2.25. The lowest BCUT2D eigenvalue weighted by atomic mass is 9.81. The lowest BCUT2D eigenvalue weighted by Gasteiger charge is -2.33. The third kappa shape index (κ3) is 2.07. The SMILES string of the molecule is CC(C)(C)C1=C[C@@](O)(C(C)(C)C)OC1=O. The average Bonchev–Trinajstić information content (AvgIpc) is 2.24. The van der Waals surface area contributed by atoms with Crippen molar-refractivity contribution in [3.05, 3.63) is 11.6 Å². The Morgan fingerprint density at radius 2 is 1.67 bits per heavy atom. The number of hydrogen-bond acceptors (Lipinski definition) is 3. The van der Waals surface area contributed by atoms with Crippen LogP contribution in [0, 0.1) is 10.8 Å². The van der Waals surface area contributed by atoms with Gasteiger partial charge in [-0.05, 0) is 11.5 Å². The Bertz CT molecular complexity index is 315. The number of aliphatic hydroxyl groups is 1. The molecule has 1 heterocycles. The molecule has 1 N–H and O–H groups in total. The molecule has 15 heavy (non-hydrogen) atoms. The molecule has 0 aliphatic carbocycles. The Hall–Kier alpha value is -0.830. The average molecular weight is 212 g/mol. The number of carbonyl (C=O) groups excluding carboxylic acids is 1. The highest BCUT2D eigenvalue weighted by Gasteiger charge is 2.49. The van der Waals surface area contributed by atoms with Crippen LogP contribution in [-0.4, -0.2) is 16.9 Å². The zero-order chi connectivity index (χ0) is 12.1. The van der Waals surface area contributed by atoms with Gasteiger partial charge >= 0.3 is 5.97 Å². The van der Waals surface area contributed by atoms with Crippen molar-refractivity contribution in [2.45, 2.75) is 47.3 Å². The van der Waals surface area contributed by atoms with E-state index in [2.05, 4.69) is 0 Å². The van der Waals surface area contributed by atoms with E-state index in [-0.39, 0.29) is 5.41 Å². The van der Waals surface area contributed by atoms with Crippen LogP contribution in [0.4, 0.5) is 0 Å². The van der Waals surface area contributed by atoms with Gasteiger partial charge in [-0.3, -0.25) is 0 Å². The van der Waals surface area contributed by atoms with E-state index in [1.807, 2.05) is 41.5 Å². The second-order valence-electron chi connectivity index (χ2n) is 6.14. The summed E-state index contributed by atoms with van der Waals surface area (Å²) in [4.78, 5) is 11.6. The summed E-state index contributed by atoms with van der Waals surface area (Å²) in [6.07, 6.45) is 1.55. The molecule has 0 bridgehead atoms. The molecule has 0 amide bonds. The highest BCUT2D eigenvalue weighted by molar-refractivity contribution is 5.92. The van der Waals surface area contributed by atoms with Gasteiger partial charge < -0.3 is 9.84 Å². The van der Waals surface area contributed by atoms with E-state index >= 15 is 0 Å². The first kappa shape index (κ1) is 12.2. The van der Waals surface area contributed by atoms with E-state index in [1.54, 1.807) is 6.08 Å². The van der Waals surface area contributed by atoms with E-state index in [9.17, 15) is 9.90 Å².